The van der Waals surface area contributed by atoms with E-state index in [0.29, 0.717) is 34.9 Å². The van der Waals surface area contributed by atoms with E-state index in [-0.39, 0.29) is 18.4 Å². The highest BCUT2D eigenvalue weighted by molar-refractivity contribution is 6.35. The zero-order valence-electron chi connectivity index (χ0n) is 17.8. The van der Waals surface area contributed by atoms with Crippen LogP contribution in [0.3, 0.4) is 0 Å². The number of rotatable bonds is 4. The molecule has 2 amide bonds. The normalized spacial score (nSPS) is 16.1. The number of carbonyl (C=O) groups is 2. The van der Waals surface area contributed by atoms with Gasteiger partial charge in [0, 0.05) is 18.1 Å². The van der Waals surface area contributed by atoms with Crippen LogP contribution in [0.5, 0.6) is 0 Å². The van der Waals surface area contributed by atoms with E-state index >= 15 is 0 Å². The summed E-state index contributed by atoms with van der Waals surface area (Å²) in [7, 11) is 0. The van der Waals surface area contributed by atoms with Crippen molar-refractivity contribution in [2.45, 2.75) is 26.4 Å². The highest BCUT2D eigenvalue weighted by Gasteiger charge is 2.42. The van der Waals surface area contributed by atoms with Crippen molar-refractivity contribution in [3.63, 3.8) is 0 Å². The van der Waals surface area contributed by atoms with Crippen LogP contribution in [0, 0.1) is 6.92 Å². The highest BCUT2D eigenvalue weighted by Crippen LogP contribution is 2.35. The Bertz CT molecular complexity index is 1230. The third-order valence-corrected chi connectivity index (χ3v) is 6.44. The van der Waals surface area contributed by atoms with Gasteiger partial charge in [-0.05, 0) is 47.7 Å². The number of nitrogens with zero attached hydrogens (tertiary/aromatic N) is 2. The average molecular weight is 443 g/mol. The van der Waals surface area contributed by atoms with E-state index in [2.05, 4.69) is 17.0 Å². The van der Waals surface area contributed by atoms with E-state index < -0.39 is 0 Å². The highest BCUT2D eigenvalue weighted by atomic mass is 35.5. The lowest BCUT2D eigenvalue weighted by atomic mass is 9.98. The molecular formula is C27H23ClN2O2. The first-order valence-corrected chi connectivity index (χ1v) is 11.1. The van der Waals surface area contributed by atoms with Gasteiger partial charge in [0.05, 0.1) is 12.1 Å². The van der Waals surface area contributed by atoms with E-state index in [1.807, 2.05) is 55.5 Å². The van der Waals surface area contributed by atoms with Crippen molar-refractivity contribution in [1.29, 1.82) is 0 Å². The summed E-state index contributed by atoms with van der Waals surface area (Å²) in [5, 5.41) is 0.594. The third-order valence-electron chi connectivity index (χ3n) is 6.18. The summed E-state index contributed by atoms with van der Waals surface area (Å²) >= 11 is 6.08. The van der Waals surface area contributed by atoms with Crippen LogP contribution >= 0.6 is 11.6 Å². The maximum absolute atomic E-state index is 13.6. The summed E-state index contributed by atoms with van der Waals surface area (Å²) in [6.45, 7) is 3.58. The van der Waals surface area contributed by atoms with Gasteiger partial charge in [0.15, 0.2) is 0 Å². The summed E-state index contributed by atoms with van der Waals surface area (Å²) in [6.07, 6.45) is 0.840. The second-order valence-corrected chi connectivity index (χ2v) is 8.79. The molecule has 0 aromatic heterocycles. The van der Waals surface area contributed by atoms with E-state index in [1.54, 1.807) is 12.1 Å². The van der Waals surface area contributed by atoms with Crippen LogP contribution in [0.1, 0.15) is 27.8 Å². The predicted molar refractivity (Wildman–Crippen MR) is 126 cm³/mol. The Morgan fingerprint density at radius 1 is 0.844 bits per heavy atom. The summed E-state index contributed by atoms with van der Waals surface area (Å²) in [4.78, 5) is 30.6. The maximum atomic E-state index is 13.6. The van der Waals surface area contributed by atoms with Gasteiger partial charge in [-0.3, -0.25) is 14.5 Å². The average Bonchev–Trinajstić information content (AvgIpc) is 3.05. The SMILES string of the molecule is Cc1ccc(CN2C(=O)C(c3ccc(Cl)cc3)=C(N3CCc4ccccc4C3)C2=O)cc1. The van der Waals surface area contributed by atoms with Crippen LogP contribution in [0.25, 0.3) is 5.57 Å². The Balaban J connectivity index is 1.54. The van der Waals surface area contributed by atoms with Gasteiger partial charge >= 0.3 is 0 Å². The zero-order chi connectivity index (χ0) is 22.2. The van der Waals surface area contributed by atoms with Crippen molar-refractivity contribution in [3.05, 3.63) is 111 Å². The number of hydrogen-bond donors (Lipinski definition) is 0. The Kier molecular flexibility index (Phi) is 5.32. The van der Waals surface area contributed by atoms with Crippen LogP contribution in [-0.2, 0) is 29.1 Å². The number of hydrogen-bond acceptors (Lipinski definition) is 3. The van der Waals surface area contributed by atoms with Gasteiger partial charge in [-0.1, -0.05) is 77.8 Å². The number of carbonyl (C=O) groups excluding carboxylic acids is 2. The molecule has 0 atom stereocenters. The first kappa shape index (κ1) is 20.5. The molecule has 5 heteroatoms. The minimum atomic E-state index is -0.258. The van der Waals surface area contributed by atoms with Crippen molar-refractivity contribution in [1.82, 2.24) is 9.80 Å². The maximum Gasteiger partial charge on any atom is 0.278 e. The van der Waals surface area contributed by atoms with Crippen molar-refractivity contribution in [2.75, 3.05) is 6.54 Å². The van der Waals surface area contributed by atoms with Crippen molar-refractivity contribution in [3.8, 4) is 0 Å². The third kappa shape index (κ3) is 3.71. The van der Waals surface area contributed by atoms with E-state index in [0.717, 1.165) is 17.5 Å². The molecule has 5 rings (SSSR count). The van der Waals surface area contributed by atoms with Gasteiger partial charge < -0.3 is 4.90 Å². The lowest BCUT2D eigenvalue weighted by Crippen LogP contribution is -2.37. The topological polar surface area (TPSA) is 40.6 Å². The van der Waals surface area contributed by atoms with Gasteiger partial charge in [0.25, 0.3) is 11.8 Å². The van der Waals surface area contributed by atoms with Gasteiger partial charge in [-0.15, -0.1) is 0 Å². The number of aryl methyl sites for hydroxylation is 1. The number of fused-ring (bicyclic) bond motifs is 1. The molecule has 2 aliphatic heterocycles. The molecule has 0 saturated carbocycles. The largest absolute Gasteiger partial charge is 0.362 e. The first-order valence-electron chi connectivity index (χ1n) is 10.7. The Morgan fingerprint density at radius 2 is 1.53 bits per heavy atom. The Morgan fingerprint density at radius 3 is 2.25 bits per heavy atom. The first-order chi connectivity index (χ1) is 15.5. The minimum Gasteiger partial charge on any atom is -0.362 e. The van der Waals surface area contributed by atoms with Gasteiger partial charge in [0.2, 0.25) is 0 Å². The van der Waals surface area contributed by atoms with Gasteiger partial charge in [-0.25, -0.2) is 0 Å². The lowest BCUT2D eigenvalue weighted by Gasteiger charge is -2.31. The summed E-state index contributed by atoms with van der Waals surface area (Å²) < 4.78 is 0. The number of amides is 2. The summed E-state index contributed by atoms with van der Waals surface area (Å²) in [5.41, 5.74) is 6.22. The molecule has 160 valence electrons. The van der Waals surface area contributed by atoms with Crippen molar-refractivity contribution in [2.24, 2.45) is 0 Å². The van der Waals surface area contributed by atoms with E-state index in [4.69, 9.17) is 11.6 Å². The molecule has 0 saturated heterocycles. The Labute approximate surface area is 192 Å². The van der Waals surface area contributed by atoms with E-state index in [1.165, 1.54) is 16.0 Å². The second kappa shape index (κ2) is 8.29. The Hall–Kier alpha value is -3.37. The number of halogens is 1. The van der Waals surface area contributed by atoms with Crippen LogP contribution < -0.4 is 0 Å². The molecule has 3 aromatic rings. The standard InChI is InChI=1S/C27H23ClN2O2/c1-18-6-8-19(9-7-18)16-30-26(31)24(21-10-12-23(28)13-11-21)25(27(30)32)29-15-14-20-4-2-3-5-22(20)17-29/h2-13H,14-17H2,1H3. The minimum absolute atomic E-state index is 0.236. The second-order valence-electron chi connectivity index (χ2n) is 8.35. The molecule has 0 bridgehead atoms. The predicted octanol–water partition coefficient (Wildman–Crippen LogP) is 4.99. The molecule has 0 unspecified atom stereocenters. The van der Waals surface area contributed by atoms with E-state index in [9.17, 15) is 9.59 Å². The number of imide groups is 1. The van der Waals surface area contributed by atoms with Crippen LogP contribution in [0.2, 0.25) is 5.02 Å². The van der Waals surface area contributed by atoms with Crippen LogP contribution in [0.15, 0.2) is 78.5 Å². The summed E-state index contributed by atoms with van der Waals surface area (Å²) in [5.74, 6) is -0.494. The molecule has 2 heterocycles. The smallest absolute Gasteiger partial charge is 0.278 e. The van der Waals surface area contributed by atoms with Crippen molar-refractivity contribution < 1.29 is 9.59 Å². The quantitative estimate of drug-likeness (QED) is 0.534. The monoisotopic (exact) mass is 442 g/mol. The fraction of sp³-hybridized carbons (Fsp3) is 0.185. The number of benzene rings is 3. The molecule has 3 aromatic carbocycles. The molecule has 0 spiro atoms. The van der Waals surface area contributed by atoms with Crippen LogP contribution in [-0.4, -0.2) is 28.2 Å². The molecule has 0 N–H and O–H groups in total. The molecule has 2 aliphatic rings. The fourth-order valence-electron chi connectivity index (χ4n) is 4.44. The molecule has 0 radical (unpaired) electrons. The van der Waals surface area contributed by atoms with Gasteiger partial charge in [-0.2, -0.15) is 0 Å². The zero-order valence-corrected chi connectivity index (χ0v) is 18.6. The fourth-order valence-corrected chi connectivity index (χ4v) is 4.57. The van der Waals surface area contributed by atoms with Crippen molar-refractivity contribution >= 4 is 29.0 Å². The summed E-state index contributed by atoms with van der Waals surface area (Å²) in [6, 6.07) is 23.4. The van der Waals surface area contributed by atoms with Gasteiger partial charge in [0.1, 0.15) is 5.70 Å². The molecule has 4 nitrogen and oxygen atoms in total. The lowest BCUT2D eigenvalue weighted by molar-refractivity contribution is -0.138. The molecule has 0 aliphatic carbocycles. The van der Waals surface area contributed by atoms with Crippen LogP contribution in [0.4, 0.5) is 0 Å². The molecule has 0 fully saturated rings. The molecule has 32 heavy (non-hydrogen) atoms. The molecular weight excluding hydrogens is 420 g/mol.